The lowest BCUT2D eigenvalue weighted by atomic mass is 10.1. The van der Waals surface area contributed by atoms with Gasteiger partial charge in [0.1, 0.15) is 5.01 Å². The monoisotopic (exact) mass is 251 g/mol. The molecule has 0 saturated carbocycles. The molecule has 2 aromatic heterocycles. The summed E-state index contributed by atoms with van der Waals surface area (Å²) in [6, 6.07) is 0. The minimum atomic E-state index is 0.151. The predicted octanol–water partition coefficient (Wildman–Crippen LogP) is 1.86. The number of aromatic nitrogens is 4. The van der Waals surface area contributed by atoms with Crippen LogP contribution < -0.4 is 5.32 Å². The van der Waals surface area contributed by atoms with E-state index < -0.39 is 0 Å². The summed E-state index contributed by atoms with van der Waals surface area (Å²) in [7, 11) is 0. The zero-order valence-electron chi connectivity index (χ0n) is 10.3. The second kappa shape index (κ2) is 4.93. The fourth-order valence-corrected chi connectivity index (χ4v) is 2.20. The maximum absolute atomic E-state index is 4.18. The predicted molar refractivity (Wildman–Crippen MR) is 69.0 cm³/mol. The summed E-state index contributed by atoms with van der Waals surface area (Å²) in [6.45, 7) is 7.39. The second-order valence-electron chi connectivity index (χ2n) is 4.91. The fraction of sp³-hybridized carbons (Fsp3) is 0.545. The molecule has 6 heteroatoms. The Bertz CT molecular complexity index is 454. The van der Waals surface area contributed by atoms with E-state index in [9.17, 15) is 0 Å². The van der Waals surface area contributed by atoms with E-state index >= 15 is 0 Å². The number of hydrogen-bond acceptors (Lipinski definition) is 5. The Kier molecular flexibility index (Phi) is 3.54. The van der Waals surface area contributed by atoms with E-state index in [2.05, 4.69) is 46.5 Å². The van der Waals surface area contributed by atoms with Gasteiger partial charge in [-0.2, -0.15) is 5.10 Å². The Morgan fingerprint density at radius 1 is 1.35 bits per heavy atom. The highest BCUT2D eigenvalue weighted by Crippen LogP contribution is 2.22. The molecule has 0 spiro atoms. The lowest BCUT2D eigenvalue weighted by molar-refractivity contribution is 0.429. The molecule has 5 nitrogen and oxygen atoms in total. The third kappa shape index (κ3) is 3.61. The van der Waals surface area contributed by atoms with Crippen molar-refractivity contribution in [3.05, 3.63) is 17.4 Å². The van der Waals surface area contributed by atoms with Crippen molar-refractivity contribution < 1.29 is 0 Å². The Labute approximate surface area is 105 Å². The zero-order valence-corrected chi connectivity index (χ0v) is 11.1. The number of nitrogens with zero attached hydrogens (tertiary/aromatic N) is 3. The molecular formula is C11H17N5S. The fourth-order valence-electron chi connectivity index (χ4n) is 1.38. The van der Waals surface area contributed by atoms with Crippen molar-refractivity contribution in [3.63, 3.8) is 0 Å². The van der Waals surface area contributed by atoms with Crippen LogP contribution in [0.3, 0.4) is 0 Å². The molecule has 0 unspecified atom stereocenters. The SMILES string of the molecule is CC(C)(C)NCCc1nnc(-c2cn[nH]c2)s1. The van der Waals surface area contributed by atoms with Crippen LogP contribution in [0.1, 0.15) is 25.8 Å². The molecular weight excluding hydrogens is 234 g/mol. The van der Waals surface area contributed by atoms with Crippen LogP contribution in [0.25, 0.3) is 10.6 Å². The average Bonchev–Trinajstić information content (AvgIpc) is 2.83. The molecule has 0 radical (unpaired) electrons. The topological polar surface area (TPSA) is 66.5 Å². The van der Waals surface area contributed by atoms with Crippen LogP contribution in [0.5, 0.6) is 0 Å². The summed E-state index contributed by atoms with van der Waals surface area (Å²) in [4.78, 5) is 0. The first kappa shape index (κ1) is 12.2. The molecule has 2 N–H and O–H groups in total. The second-order valence-corrected chi connectivity index (χ2v) is 5.98. The van der Waals surface area contributed by atoms with Crippen molar-refractivity contribution >= 4 is 11.3 Å². The molecule has 17 heavy (non-hydrogen) atoms. The summed E-state index contributed by atoms with van der Waals surface area (Å²) in [5.41, 5.74) is 1.15. The Hall–Kier alpha value is -1.27. The van der Waals surface area contributed by atoms with Gasteiger partial charge in [-0.15, -0.1) is 10.2 Å². The number of hydrogen-bond donors (Lipinski definition) is 2. The highest BCUT2D eigenvalue weighted by molar-refractivity contribution is 7.14. The maximum atomic E-state index is 4.18. The molecule has 2 rings (SSSR count). The van der Waals surface area contributed by atoms with E-state index in [4.69, 9.17) is 0 Å². The summed E-state index contributed by atoms with van der Waals surface area (Å²) in [6.07, 6.45) is 4.50. The van der Waals surface area contributed by atoms with Gasteiger partial charge in [0.25, 0.3) is 0 Å². The molecule has 2 aromatic rings. The minimum absolute atomic E-state index is 0.151. The maximum Gasteiger partial charge on any atom is 0.150 e. The van der Waals surface area contributed by atoms with Crippen LogP contribution in [0.15, 0.2) is 12.4 Å². The van der Waals surface area contributed by atoms with E-state index in [1.807, 2.05) is 6.20 Å². The normalized spacial score (nSPS) is 11.9. The van der Waals surface area contributed by atoms with Gasteiger partial charge in [-0.25, -0.2) is 0 Å². The van der Waals surface area contributed by atoms with Crippen molar-refractivity contribution in [2.75, 3.05) is 6.54 Å². The van der Waals surface area contributed by atoms with Gasteiger partial charge in [-0.1, -0.05) is 11.3 Å². The molecule has 0 amide bonds. The van der Waals surface area contributed by atoms with E-state index in [0.717, 1.165) is 28.5 Å². The molecule has 0 aliphatic heterocycles. The summed E-state index contributed by atoms with van der Waals surface area (Å²) >= 11 is 1.62. The van der Waals surface area contributed by atoms with Gasteiger partial charge in [0.15, 0.2) is 5.01 Å². The van der Waals surface area contributed by atoms with Crippen molar-refractivity contribution in [3.8, 4) is 10.6 Å². The highest BCUT2D eigenvalue weighted by Gasteiger charge is 2.10. The lowest BCUT2D eigenvalue weighted by Gasteiger charge is -2.19. The number of rotatable bonds is 4. The van der Waals surface area contributed by atoms with Crippen molar-refractivity contribution in [1.82, 2.24) is 25.7 Å². The minimum Gasteiger partial charge on any atom is -0.312 e. The van der Waals surface area contributed by atoms with Gasteiger partial charge in [0, 0.05) is 24.7 Å². The van der Waals surface area contributed by atoms with Crippen LogP contribution in [0, 0.1) is 0 Å². The summed E-state index contributed by atoms with van der Waals surface area (Å²) in [5.74, 6) is 0. The average molecular weight is 251 g/mol. The van der Waals surface area contributed by atoms with Gasteiger partial charge >= 0.3 is 0 Å². The quantitative estimate of drug-likeness (QED) is 0.870. The summed E-state index contributed by atoms with van der Waals surface area (Å²) < 4.78 is 0. The number of H-pyrrole nitrogens is 1. The smallest absolute Gasteiger partial charge is 0.150 e. The van der Waals surface area contributed by atoms with E-state index in [1.165, 1.54) is 0 Å². The highest BCUT2D eigenvalue weighted by atomic mass is 32.1. The van der Waals surface area contributed by atoms with Gasteiger partial charge < -0.3 is 5.32 Å². The van der Waals surface area contributed by atoms with Gasteiger partial charge in [-0.05, 0) is 20.8 Å². The molecule has 0 aliphatic rings. The van der Waals surface area contributed by atoms with Crippen molar-refractivity contribution in [1.29, 1.82) is 0 Å². The third-order valence-corrected chi connectivity index (χ3v) is 3.24. The van der Waals surface area contributed by atoms with E-state index in [1.54, 1.807) is 17.5 Å². The number of aromatic amines is 1. The number of nitrogens with one attached hydrogen (secondary N) is 2. The standard InChI is InChI=1S/C11H17N5S/c1-11(2,3)12-5-4-9-15-16-10(17-9)8-6-13-14-7-8/h6-7,12H,4-5H2,1-3H3,(H,13,14). The van der Waals surface area contributed by atoms with Crippen LogP contribution in [0.2, 0.25) is 0 Å². The first-order valence-electron chi connectivity index (χ1n) is 5.61. The van der Waals surface area contributed by atoms with Crippen LogP contribution in [-0.2, 0) is 6.42 Å². The summed E-state index contributed by atoms with van der Waals surface area (Å²) in [5, 5.41) is 20.4. The van der Waals surface area contributed by atoms with Crippen LogP contribution >= 0.6 is 11.3 Å². The Morgan fingerprint density at radius 2 is 2.18 bits per heavy atom. The molecule has 92 valence electrons. The molecule has 0 bridgehead atoms. The van der Waals surface area contributed by atoms with E-state index in [0.29, 0.717) is 0 Å². The van der Waals surface area contributed by atoms with Gasteiger partial charge in [0.2, 0.25) is 0 Å². The largest absolute Gasteiger partial charge is 0.312 e. The Morgan fingerprint density at radius 3 is 2.82 bits per heavy atom. The molecule has 0 saturated heterocycles. The first-order valence-corrected chi connectivity index (χ1v) is 6.43. The first-order chi connectivity index (χ1) is 8.04. The molecule has 0 atom stereocenters. The van der Waals surface area contributed by atoms with E-state index in [-0.39, 0.29) is 5.54 Å². The Balaban J connectivity index is 1.91. The van der Waals surface area contributed by atoms with Gasteiger partial charge in [-0.3, -0.25) is 5.10 Å². The molecule has 0 aliphatic carbocycles. The lowest BCUT2D eigenvalue weighted by Crippen LogP contribution is -2.37. The van der Waals surface area contributed by atoms with Crippen LogP contribution in [-0.4, -0.2) is 32.5 Å². The van der Waals surface area contributed by atoms with Crippen molar-refractivity contribution in [2.45, 2.75) is 32.7 Å². The zero-order chi connectivity index (χ0) is 12.3. The molecule has 0 fully saturated rings. The van der Waals surface area contributed by atoms with Crippen LogP contribution in [0.4, 0.5) is 0 Å². The van der Waals surface area contributed by atoms with Gasteiger partial charge in [0.05, 0.1) is 11.8 Å². The molecule has 2 heterocycles. The van der Waals surface area contributed by atoms with Crippen molar-refractivity contribution in [2.24, 2.45) is 0 Å². The molecule has 0 aromatic carbocycles. The third-order valence-electron chi connectivity index (χ3n) is 2.21.